The van der Waals surface area contributed by atoms with Crippen LogP contribution in [0.3, 0.4) is 0 Å². The molecule has 3 aromatic rings. The van der Waals surface area contributed by atoms with Crippen LogP contribution in [0.25, 0.3) is 11.0 Å². The number of halogens is 1. The first-order valence-corrected chi connectivity index (χ1v) is 15.0. The molecular weight excluding hydrogens is 636 g/mol. The molecule has 0 saturated carbocycles. The summed E-state index contributed by atoms with van der Waals surface area (Å²) in [4.78, 5) is 65.8. The van der Waals surface area contributed by atoms with Gasteiger partial charge in [-0.2, -0.15) is 0 Å². The Balaban J connectivity index is 1.55. The highest BCUT2D eigenvalue weighted by Gasteiger charge is 2.27. The van der Waals surface area contributed by atoms with Gasteiger partial charge in [-0.3, -0.25) is 19.0 Å². The standard InChI is InChI=1S/C31H37BrN4O8/c1-30(2,3)43-25(38)16-42-23-11-17(15-33-29(41)44-31(4,5)6)7-10-21(23)34-24(37)14-20-9-8-18-12-19(32)13-22-26(18)36(20)28(40)27(39)35-22/h7,10-13,20H,8-9,14-16H2,1-6H3,(H,33,41)(H,34,37)(H,35,39)/t20-/m0/s1. The minimum atomic E-state index is -0.762. The third-order valence-electron chi connectivity index (χ3n) is 6.51. The first kappa shape index (κ1) is 32.8. The van der Waals surface area contributed by atoms with Gasteiger partial charge in [0.05, 0.1) is 16.7 Å². The van der Waals surface area contributed by atoms with Gasteiger partial charge in [0.25, 0.3) is 0 Å². The average molecular weight is 674 g/mol. The van der Waals surface area contributed by atoms with Crippen molar-refractivity contribution in [2.24, 2.45) is 0 Å². The molecule has 3 N–H and O–H groups in total. The number of aromatic amines is 1. The number of alkyl carbamates (subject to hydrolysis) is 1. The lowest BCUT2D eigenvalue weighted by Crippen LogP contribution is -2.41. The topological polar surface area (TPSA) is 158 Å². The number of nitrogens with one attached hydrogen (secondary N) is 3. The highest BCUT2D eigenvalue weighted by molar-refractivity contribution is 9.10. The van der Waals surface area contributed by atoms with Crippen LogP contribution in [0.2, 0.25) is 0 Å². The molecule has 1 aliphatic heterocycles. The zero-order chi connectivity index (χ0) is 32.4. The fraction of sp³-hybridized carbons (Fsp3) is 0.452. The van der Waals surface area contributed by atoms with E-state index in [1.807, 2.05) is 6.07 Å². The fourth-order valence-corrected chi connectivity index (χ4v) is 5.42. The number of carbonyl (C=O) groups excluding carboxylic acids is 3. The number of hydrogen-bond acceptors (Lipinski definition) is 8. The van der Waals surface area contributed by atoms with Crippen molar-refractivity contribution in [2.45, 2.75) is 84.6 Å². The second kappa shape index (κ2) is 12.8. The van der Waals surface area contributed by atoms with Crippen LogP contribution in [0.4, 0.5) is 10.5 Å². The van der Waals surface area contributed by atoms with E-state index in [9.17, 15) is 24.0 Å². The van der Waals surface area contributed by atoms with Crippen LogP contribution in [0.15, 0.2) is 44.4 Å². The number of nitrogens with zero attached hydrogens (tertiary/aromatic N) is 1. The Kier molecular flexibility index (Phi) is 9.57. The third-order valence-corrected chi connectivity index (χ3v) is 6.97. The third kappa shape index (κ3) is 8.49. The molecule has 0 aliphatic carbocycles. The van der Waals surface area contributed by atoms with Gasteiger partial charge in [0.2, 0.25) is 5.91 Å². The quantitative estimate of drug-likeness (QED) is 0.229. The molecule has 236 valence electrons. The zero-order valence-corrected chi connectivity index (χ0v) is 27.2. The molecule has 0 spiro atoms. The zero-order valence-electron chi connectivity index (χ0n) is 25.6. The predicted molar refractivity (Wildman–Crippen MR) is 168 cm³/mol. The van der Waals surface area contributed by atoms with Crippen LogP contribution in [-0.4, -0.2) is 45.3 Å². The maximum atomic E-state index is 13.3. The van der Waals surface area contributed by atoms with Gasteiger partial charge in [0.1, 0.15) is 17.0 Å². The summed E-state index contributed by atoms with van der Waals surface area (Å²) >= 11 is 3.44. The number of amides is 2. The van der Waals surface area contributed by atoms with Crippen molar-refractivity contribution in [3.05, 3.63) is 66.6 Å². The molecule has 0 radical (unpaired) electrons. The second-order valence-corrected chi connectivity index (χ2v) is 13.5. The molecular formula is C31H37BrN4O8. The van der Waals surface area contributed by atoms with Gasteiger partial charge in [-0.25, -0.2) is 9.59 Å². The Morgan fingerprint density at radius 2 is 1.73 bits per heavy atom. The van der Waals surface area contributed by atoms with E-state index in [1.54, 1.807) is 65.8 Å². The molecule has 4 rings (SSSR count). The lowest BCUT2D eigenvalue weighted by Gasteiger charge is -2.27. The van der Waals surface area contributed by atoms with E-state index >= 15 is 0 Å². The lowest BCUT2D eigenvalue weighted by atomic mass is 9.96. The van der Waals surface area contributed by atoms with Crippen LogP contribution in [-0.2, 0) is 32.0 Å². The van der Waals surface area contributed by atoms with Crippen LogP contribution in [0, 0.1) is 0 Å². The van der Waals surface area contributed by atoms with Crippen LogP contribution in [0.5, 0.6) is 5.75 Å². The lowest BCUT2D eigenvalue weighted by molar-refractivity contribution is -0.157. The first-order valence-electron chi connectivity index (χ1n) is 14.2. The fourth-order valence-electron chi connectivity index (χ4n) is 4.92. The molecule has 2 heterocycles. The molecule has 2 amide bonds. The summed E-state index contributed by atoms with van der Waals surface area (Å²) in [6.45, 7) is 10.2. The van der Waals surface area contributed by atoms with Crippen molar-refractivity contribution in [3.63, 3.8) is 0 Å². The number of aromatic nitrogens is 2. The minimum absolute atomic E-state index is 0.0819. The van der Waals surface area contributed by atoms with Gasteiger partial charge in [0.15, 0.2) is 6.61 Å². The van der Waals surface area contributed by atoms with Crippen LogP contribution < -0.4 is 26.5 Å². The highest BCUT2D eigenvalue weighted by atomic mass is 79.9. The molecule has 44 heavy (non-hydrogen) atoms. The monoisotopic (exact) mass is 672 g/mol. The minimum Gasteiger partial charge on any atom is -0.480 e. The smallest absolute Gasteiger partial charge is 0.407 e. The number of aryl methyl sites for hydroxylation is 1. The predicted octanol–water partition coefficient (Wildman–Crippen LogP) is 4.71. The molecule has 1 aromatic heterocycles. The Morgan fingerprint density at radius 3 is 2.41 bits per heavy atom. The van der Waals surface area contributed by atoms with Crippen molar-refractivity contribution in [2.75, 3.05) is 11.9 Å². The number of esters is 1. The molecule has 0 saturated heterocycles. The summed E-state index contributed by atoms with van der Waals surface area (Å²) in [5.74, 6) is -0.836. The molecule has 0 unspecified atom stereocenters. The number of carbonyl (C=O) groups is 3. The number of hydrogen-bond donors (Lipinski definition) is 3. The van der Waals surface area contributed by atoms with Crippen molar-refractivity contribution in [3.8, 4) is 5.75 Å². The molecule has 2 aromatic carbocycles. The molecule has 1 aliphatic rings. The Labute approximate surface area is 262 Å². The molecule has 12 nitrogen and oxygen atoms in total. The Bertz CT molecular complexity index is 1720. The number of anilines is 1. The summed E-state index contributed by atoms with van der Waals surface area (Å²) < 4.78 is 18.6. The number of rotatable bonds is 8. The van der Waals surface area contributed by atoms with E-state index < -0.39 is 52.9 Å². The Morgan fingerprint density at radius 1 is 1.02 bits per heavy atom. The summed E-state index contributed by atoms with van der Waals surface area (Å²) in [7, 11) is 0. The van der Waals surface area contributed by atoms with Crippen LogP contribution >= 0.6 is 15.9 Å². The van der Waals surface area contributed by atoms with Gasteiger partial charge in [-0.15, -0.1) is 0 Å². The highest BCUT2D eigenvalue weighted by Crippen LogP contribution is 2.33. The molecule has 0 bridgehead atoms. The maximum Gasteiger partial charge on any atom is 0.407 e. The van der Waals surface area contributed by atoms with E-state index in [4.69, 9.17) is 14.2 Å². The van der Waals surface area contributed by atoms with Gasteiger partial charge in [-0.1, -0.05) is 22.0 Å². The van der Waals surface area contributed by atoms with Crippen molar-refractivity contribution < 1.29 is 28.6 Å². The van der Waals surface area contributed by atoms with Gasteiger partial charge in [0, 0.05) is 23.5 Å². The summed E-state index contributed by atoms with van der Waals surface area (Å²) in [6, 6.07) is 7.96. The van der Waals surface area contributed by atoms with Crippen LogP contribution in [0.1, 0.15) is 71.6 Å². The number of H-pyrrole nitrogens is 1. The average Bonchev–Trinajstić information content (AvgIpc) is 2.88. The second-order valence-electron chi connectivity index (χ2n) is 12.6. The summed E-state index contributed by atoms with van der Waals surface area (Å²) in [5.41, 5.74) is 0.0538. The SMILES string of the molecule is CC(C)(C)OC(=O)COc1cc(CNC(=O)OC(C)(C)C)ccc1NC(=O)C[C@@H]1CCc2cc(Br)cc3[nH]c(=O)c(=O)n1c23. The van der Waals surface area contributed by atoms with E-state index in [0.29, 0.717) is 29.4 Å². The van der Waals surface area contributed by atoms with Gasteiger partial charge in [-0.05, 0) is 89.8 Å². The van der Waals surface area contributed by atoms with E-state index in [0.717, 1.165) is 10.0 Å². The van der Waals surface area contributed by atoms with Crippen molar-refractivity contribution in [1.82, 2.24) is 14.9 Å². The summed E-state index contributed by atoms with van der Waals surface area (Å²) in [5, 5.41) is 5.48. The largest absolute Gasteiger partial charge is 0.480 e. The maximum absolute atomic E-state index is 13.3. The van der Waals surface area contributed by atoms with E-state index in [2.05, 4.69) is 31.5 Å². The van der Waals surface area contributed by atoms with Gasteiger partial charge >= 0.3 is 23.2 Å². The van der Waals surface area contributed by atoms with E-state index in [1.165, 1.54) is 4.57 Å². The summed E-state index contributed by atoms with van der Waals surface area (Å²) in [6.07, 6.45) is 0.411. The van der Waals surface area contributed by atoms with E-state index in [-0.39, 0.29) is 24.4 Å². The number of ether oxygens (including phenoxy) is 3. The van der Waals surface area contributed by atoms with Crippen molar-refractivity contribution in [1.29, 1.82) is 0 Å². The molecule has 0 fully saturated rings. The van der Waals surface area contributed by atoms with Crippen molar-refractivity contribution >= 4 is 50.6 Å². The Hall–Kier alpha value is -4.13. The normalized spacial score (nSPS) is 14.6. The van der Waals surface area contributed by atoms with Gasteiger partial charge < -0.3 is 29.8 Å². The molecule has 1 atom stereocenters. The number of benzene rings is 2. The molecule has 13 heteroatoms. The first-order chi connectivity index (χ1) is 20.5.